The second kappa shape index (κ2) is 9.56. The summed E-state index contributed by atoms with van der Waals surface area (Å²) in [5.74, 6) is 0.349. The zero-order valence-corrected chi connectivity index (χ0v) is 15.2. The largest absolute Gasteiger partial charge is 0.439 e. The van der Waals surface area contributed by atoms with Gasteiger partial charge in [0.15, 0.2) is 0 Å². The number of nitrogens with one attached hydrogen (secondary N) is 1. The minimum absolute atomic E-state index is 0.0161. The molecule has 0 spiro atoms. The van der Waals surface area contributed by atoms with Crippen LogP contribution in [0.1, 0.15) is 49.9 Å². The maximum absolute atomic E-state index is 12.3. The molecule has 1 aromatic carbocycles. The molecule has 3 N–H and O–H groups in total. The maximum atomic E-state index is 12.3. The molecule has 26 heavy (non-hydrogen) atoms. The van der Waals surface area contributed by atoms with Gasteiger partial charge in [0.05, 0.1) is 11.9 Å². The third-order valence-electron chi connectivity index (χ3n) is 4.11. The molecule has 6 nitrogen and oxygen atoms in total. The molecule has 138 valence electrons. The number of unbranched alkanes of at least 4 members (excludes halogenated alkanes) is 1. The van der Waals surface area contributed by atoms with Crippen LogP contribution in [0.25, 0.3) is 0 Å². The van der Waals surface area contributed by atoms with Crippen LogP contribution in [0.2, 0.25) is 0 Å². The highest BCUT2D eigenvalue weighted by Gasteiger charge is 2.16. The molecule has 0 aliphatic heterocycles. The number of primary amides is 1. The van der Waals surface area contributed by atoms with E-state index in [-0.39, 0.29) is 11.8 Å². The molecule has 0 fully saturated rings. The summed E-state index contributed by atoms with van der Waals surface area (Å²) in [7, 11) is 0. The smallest absolute Gasteiger partial charge is 0.248 e. The summed E-state index contributed by atoms with van der Waals surface area (Å²) in [5, 5.41) is 2.90. The second-order valence-electron chi connectivity index (χ2n) is 6.12. The number of benzene rings is 1. The number of rotatable bonds is 9. The maximum Gasteiger partial charge on any atom is 0.248 e. The van der Waals surface area contributed by atoms with Crippen molar-refractivity contribution >= 4 is 17.5 Å². The number of carbonyl (C=O) groups is 2. The first kappa shape index (κ1) is 19.4. The number of anilines is 1. The number of pyridine rings is 1. The Kier molecular flexibility index (Phi) is 7.14. The van der Waals surface area contributed by atoms with Crippen LogP contribution in [-0.4, -0.2) is 16.8 Å². The molecule has 1 unspecified atom stereocenters. The molecular formula is C20H25N3O3. The Hall–Kier alpha value is -2.89. The van der Waals surface area contributed by atoms with E-state index < -0.39 is 5.91 Å². The minimum atomic E-state index is -0.518. The molecule has 2 aromatic rings. The zero-order valence-electron chi connectivity index (χ0n) is 15.2. The fraction of sp³-hybridized carbons (Fsp3) is 0.350. The quantitative estimate of drug-likeness (QED) is 0.707. The number of nitrogens with zero attached hydrogens (tertiary/aromatic N) is 1. The van der Waals surface area contributed by atoms with Crippen LogP contribution < -0.4 is 15.8 Å². The highest BCUT2D eigenvalue weighted by molar-refractivity contribution is 5.93. The van der Waals surface area contributed by atoms with Gasteiger partial charge >= 0.3 is 0 Å². The van der Waals surface area contributed by atoms with Crippen molar-refractivity contribution in [1.29, 1.82) is 0 Å². The Balaban J connectivity index is 1.98. The van der Waals surface area contributed by atoms with Crippen molar-refractivity contribution < 1.29 is 14.3 Å². The lowest BCUT2D eigenvalue weighted by Crippen LogP contribution is -2.22. The van der Waals surface area contributed by atoms with Gasteiger partial charge in [0.25, 0.3) is 0 Å². The average Bonchev–Trinajstić information content (AvgIpc) is 2.64. The lowest BCUT2D eigenvalue weighted by molar-refractivity contribution is -0.120. The number of amides is 2. The van der Waals surface area contributed by atoms with Gasteiger partial charge < -0.3 is 15.8 Å². The van der Waals surface area contributed by atoms with Crippen LogP contribution in [0, 0.1) is 5.92 Å². The van der Waals surface area contributed by atoms with E-state index in [0.717, 1.165) is 25.7 Å². The monoisotopic (exact) mass is 355 g/mol. The van der Waals surface area contributed by atoms with Crippen LogP contribution in [-0.2, 0) is 4.79 Å². The van der Waals surface area contributed by atoms with E-state index in [2.05, 4.69) is 17.2 Å². The van der Waals surface area contributed by atoms with Crippen molar-refractivity contribution in [2.75, 3.05) is 5.32 Å². The molecule has 0 aliphatic carbocycles. The summed E-state index contributed by atoms with van der Waals surface area (Å²) in [6, 6.07) is 9.97. The molecule has 1 aromatic heterocycles. The van der Waals surface area contributed by atoms with Gasteiger partial charge in [0.2, 0.25) is 17.7 Å². The van der Waals surface area contributed by atoms with Crippen molar-refractivity contribution in [2.45, 2.75) is 39.5 Å². The van der Waals surface area contributed by atoms with E-state index in [1.54, 1.807) is 42.6 Å². The molecule has 2 amide bonds. The molecule has 6 heteroatoms. The second-order valence-corrected chi connectivity index (χ2v) is 6.12. The molecular weight excluding hydrogens is 330 g/mol. The highest BCUT2D eigenvalue weighted by Crippen LogP contribution is 2.22. The van der Waals surface area contributed by atoms with E-state index in [9.17, 15) is 9.59 Å². The molecule has 1 atom stereocenters. The van der Waals surface area contributed by atoms with E-state index in [1.807, 2.05) is 6.92 Å². The van der Waals surface area contributed by atoms with Crippen molar-refractivity contribution in [3.05, 3.63) is 48.2 Å². The molecule has 2 rings (SSSR count). The third kappa shape index (κ3) is 5.58. The molecule has 0 saturated carbocycles. The van der Waals surface area contributed by atoms with Gasteiger partial charge in [-0.3, -0.25) is 9.59 Å². The molecule has 0 saturated heterocycles. The molecule has 1 heterocycles. The van der Waals surface area contributed by atoms with Gasteiger partial charge in [-0.1, -0.05) is 32.8 Å². The summed E-state index contributed by atoms with van der Waals surface area (Å²) >= 11 is 0. The Morgan fingerprint density at radius 1 is 1.23 bits per heavy atom. The Morgan fingerprint density at radius 2 is 2.04 bits per heavy atom. The summed E-state index contributed by atoms with van der Waals surface area (Å²) in [4.78, 5) is 27.7. The molecule has 0 radical (unpaired) electrons. The predicted molar refractivity (Wildman–Crippen MR) is 101 cm³/mol. The standard InChI is InChI=1S/C20H25N3O3/c1-3-5-7-14(4-2)20(25)23-16-10-11-18(22-13-16)26-17-9-6-8-15(12-17)19(21)24/h6,8-14H,3-5,7H2,1-2H3,(H2,21,24)(H,23,25). The van der Waals surface area contributed by atoms with Crippen LogP contribution in [0.15, 0.2) is 42.6 Å². The predicted octanol–water partition coefficient (Wildman–Crippen LogP) is 4.13. The Morgan fingerprint density at radius 3 is 2.65 bits per heavy atom. The van der Waals surface area contributed by atoms with Crippen LogP contribution in [0.3, 0.4) is 0 Å². The van der Waals surface area contributed by atoms with E-state index >= 15 is 0 Å². The summed E-state index contributed by atoms with van der Waals surface area (Å²) in [6.45, 7) is 4.14. The zero-order chi connectivity index (χ0) is 18.9. The molecule has 0 aliphatic rings. The number of ether oxygens (including phenoxy) is 1. The topological polar surface area (TPSA) is 94.3 Å². The average molecular weight is 355 g/mol. The van der Waals surface area contributed by atoms with Crippen molar-refractivity contribution in [2.24, 2.45) is 11.7 Å². The van der Waals surface area contributed by atoms with Gasteiger partial charge in [0, 0.05) is 17.5 Å². The van der Waals surface area contributed by atoms with Crippen LogP contribution in [0.5, 0.6) is 11.6 Å². The number of hydrogen-bond donors (Lipinski definition) is 2. The van der Waals surface area contributed by atoms with Crippen LogP contribution >= 0.6 is 0 Å². The summed E-state index contributed by atoms with van der Waals surface area (Å²) < 4.78 is 5.62. The van der Waals surface area contributed by atoms with E-state index in [0.29, 0.717) is 22.9 Å². The highest BCUT2D eigenvalue weighted by atomic mass is 16.5. The Labute approximate surface area is 153 Å². The van der Waals surface area contributed by atoms with Crippen molar-refractivity contribution in [3.8, 4) is 11.6 Å². The lowest BCUT2D eigenvalue weighted by Gasteiger charge is -2.14. The first-order chi connectivity index (χ1) is 12.5. The first-order valence-corrected chi connectivity index (χ1v) is 8.88. The SMILES string of the molecule is CCCCC(CC)C(=O)Nc1ccc(Oc2cccc(C(N)=O)c2)nc1. The number of carbonyl (C=O) groups excluding carboxylic acids is 2. The molecule has 0 bridgehead atoms. The number of nitrogens with two attached hydrogens (primary N) is 1. The Bertz CT molecular complexity index is 744. The fourth-order valence-corrected chi connectivity index (χ4v) is 2.56. The lowest BCUT2D eigenvalue weighted by atomic mass is 9.98. The van der Waals surface area contributed by atoms with Crippen molar-refractivity contribution in [3.63, 3.8) is 0 Å². The fourth-order valence-electron chi connectivity index (χ4n) is 2.56. The number of aromatic nitrogens is 1. The van der Waals surface area contributed by atoms with Gasteiger partial charge in [-0.05, 0) is 37.1 Å². The summed E-state index contributed by atoms with van der Waals surface area (Å²) in [6.07, 6.45) is 5.38. The van der Waals surface area contributed by atoms with Gasteiger partial charge in [-0.2, -0.15) is 0 Å². The van der Waals surface area contributed by atoms with E-state index in [1.165, 1.54) is 0 Å². The van der Waals surface area contributed by atoms with Gasteiger partial charge in [-0.15, -0.1) is 0 Å². The van der Waals surface area contributed by atoms with Gasteiger partial charge in [-0.25, -0.2) is 4.98 Å². The summed E-state index contributed by atoms with van der Waals surface area (Å²) in [5.41, 5.74) is 6.25. The van der Waals surface area contributed by atoms with Crippen LogP contribution in [0.4, 0.5) is 5.69 Å². The minimum Gasteiger partial charge on any atom is -0.439 e. The first-order valence-electron chi connectivity index (χ1n) is 8.88. The van der Waals surface area contributed by atoms with E-state index in [4.69, 9.17) is 10.5 Å². The van der Waals surface area contributed by atoms with Crippen molar-refractivity contribution in [1.82, 2.24) is 4.98 Å². The number of hydrogen-bond acceptors (Lipinski definition) is 4. The van der Waals surface area contributed by atoms with Gasteiger partial charge in [0.1, 0.15) is 5.75 Å². The third-order valence-corrected chi connectivity index (χ3v) is 4.11. The normalized spacial score (nSPS) is 11.6.